The maximum atomic E-state index is 12.8. The smallest absolute Gasteiger partial charge is 0.306 e. The van der Waals surface area contributed by atoms with Crippen LogP contribution in [0.4, 0.5) is 0 Å². The lowest BCUT2D eigenvalue weighted by Gasteiger charge is -2.40. The molecule has 1 aliphatic heterocycles. The molecule has 0 radical (unpaired) electrons. The zero-order valence-electron chi connectivity index (χ0n) is 36.2. The highest BCUT2D eigenvalue weighted by Crippen LogP contribution is 2.24. The van der Waals surface area contributed by atoms with E-state index in [0.29, 0.717) is 12.8 Å². The van der Waals surface area contributed by atoms with Gasteiger partial charge in [-0.15, -0.1) is 0 Å². The lowest BCUT2D eigenvalue weighted by molar-refractivity contribution is -0.297. The summed E-state index contributed by atoms with van der Waals surface area (Å²) < 4.78 is 54.0. The van der Waals surface area contributed by atoms with Crippen LogP contribution in [0.25, 0.3) is 0 Å². The molecule has 0 aromatic heterocycles. The van der Waals surface area contributed by atoms with Gasteiger partial charge in [-0.3, -0.25) is 14.1 Å². The van der Waals surface area contributed by atoms with Crippen LogP contribution in [0.3, 0.4) is 0 Å². The summed E-state index contributed by atoms with van der Waals surface area (Å²) in [5.74, 6) is -2.00. The van der Waals surface area contributed by atoms with Gasteiger partial charge in [0.15, 0.2) is 12.4 Å². The number of unbranched alkanes of at least 4 members (excludes halogenated alkanes) is 22. The number of carbonyl (C=O) groups excluding carboxylic acids is 2. The molecule has 0 bridgehead atoms. The highest BCUT2D eigenvalue weighted by atomic mass is 32.2. The maximum absolute atomic E-state index is 12.8. The molecule has 6 unspecified atom stereocenters. The summed E-state index contributed by atoms with van der Waals surface area (Å²) in [4.78, 5) is 25.4. The Hall–Kier alpha value is -1.87. The first-order valence-corrected chi connectivity index (χ1v) is 24.5. The molecule has 0 saturated carbocycles. The SMILES string of the molecule is CCCCCCC/C=C\CCCCCCCC(=O)OCC(COC1OC(CS(=O)(=O)O)C(O)C(O)C1O)OC(=O)CCCCCCC/C=C\CCCCCCCCC. The van der Waals surface area contributed by atoms with E-state index in [2.05, 4.69) is 38.2 Å². The van der Waals surface area contributed by atoms with Gasteiger partial charge in [0.05, 0.1) is 6.61 Å². The van der Waals surface area contributed by atoms with Crippen LogP contribution >= 0.6 is 0 Å². The van der Waals surface area contributed by atoms with Gasteiger partial charge in [-0.1, -0.05) is 141 Å². The summed E-state index contributed by atoms with van der Waals surface area (Å²) in [5.41, 5.74) is 0. The maximum Gasteiger partial charge on any atom is 0.306 e. The van der Waals surface area contributed by atoms with E-state index in [1.807, 2.05) is 0 Å². The average molecular weight is 847 g/mol. The molecule has 0 spiro atoms. The Morgan fingerprint density at radius 1 is 0.569 bits per heavy atom. The van der Waals surface area contributed by atoms with E-state index in [4.69, 9.17) is 18.9 Å². The van der Waals surface area contributed by atoms with Gasteiger partial charge in [0.1, 0.15) is 36.8 Å². The fourth-order valence-corrected chi connectivity index (χ4v) is 7.59. The van der Waals surface area contributed by atoms with E-state index in [1.165, 1.54) is 77.0 Å². The first kappa shape index (κ1) is 54.1. The molecule has 13 heteroatoms. The summed E-state index contributed by atoms with van der Waals surface area (Å²) in [6.07, 6.45) is 29.3. The van der Waals surface area contributed by atoms with Crippen molar-refractivity contribution in [2.45, 2.75) is 230 Å². The van der Waals surface area contributed by atoms with Gasteiger partial charge in [-0.25, -0.2) is 0 Å². The number of esters is 2. The first-order valence-electron chi connectivity index (χ1n) is 22.9. The second-order valence-electron chi connectivity index (χ2n) is 16.1. The van der Waals surface area contributed by atoms with Gasteiger partial charge in [-0.2, -0.15) is 8.42 Å². The van der Waals surface area contributed by atoms with E-state index >= 15 is 0 Å². The number of allylic oxidation sites excluding steroid dienone is 4. The quantitative estimate of drug-likeness (QED) is 0.0200. The van der Waals surface area contributed by atoms with Crippen molar-refractivity contribution < 1.29 is 56.8 Å². The number of hydrogen-bond donors (Lipinski definition) is 4. The third-order valence-electron chi connectivity index (χ3n) is 10.5. The minimum atomic E-state index is -4.60. The molecule has 1 rings (SSSR count). The Balaban J connectivity index is 2.46. The molecule has 6 atom stereocenters. The van der Waals surface area contributed by atoms with Crippen molar-refractivity contribution in [3.63, 3.8) is 0 Å². The number of aliphatic hydroxyl groups is 3. The molecular formula is C45H82O12S. The third-order valence-corrected chi connectivity index (χ3v) is 11.3. The normalized spacial score (nSPS) is 20.6. The molecule has 0 amide bonds. The molecule has 4 N–H and O–H groups in total. The minimum absolute atomic E-state index is 0.154. The van der Waals surface area contributed by atoms with Gasteiger partial charge in [-0.05, 0) is 64.2 Å². The average Bonchev–Trinajstić information content (AvgIpc) is 3.18. The monoisotopic (exact) mass is 847 g/mol. The summed E-state index contributed by atoms with van der Waals surface area (Å²) >= 11 is 0. The number of ether oxygens (including phenoxy) is 4. The fourth-order valence-electron chi connectivity index (χ4n) is 6.90. The zero-order valence-corrected chi connectivity index (χ0v) is 37.0. The molecule has 0 aliphatic carbocycles. The van der Waals surface area contributed by atoms with Crippen LogP contribution in [0.15, 0.2) is 24.3 Å². The van der Waals surface area contributed by atoms with E-state index in [0.717, 1.165) is 77.0 Å². The predicted molar refractivity (Wildman–Crippen MR) is 229 cm³/mol. The molecule has 1 heterocycles. The van der Waals surface area contributed by atoms with Crippen molar-refractivity contribution in [1.29, 1.82) is 0 Å². The van der Waals surface area contributed by atoms with E-state index in [9.17, 15) is 37.9 Å². The van der Waals surface area contributed by atoms with Gasteiger partial charge < -0.3 is 34.3 Å². The van der Waals surface area contributed by atoms with E-state index in [-0.39, 0.29) is 19.4 Å². The molecule has 1 saturated heterocycles. The van der Waals surface area contributed by atoms with Crippen molar-refractivity contribution in [3.8, 4) is 0 Å². The first-order chi connectivity index (χ1) is 28.0. The largest absolute Gasteiger partial charge is 0.462 e. The second-order valence-corrected chi connectivity index (χ2v) is 17.6. The number of carbonyl (C=O) groups is 2. The molecular weight excluding hydrogens is 765 g/mol. The van der Waals surface area contributed by atoms with Gasteiger partial charge >= 0.3 is 11.9 Å². The van der Waals surface area contributed by atoms with Crippen molar-refractivity contribution in [3.05, 3.63) is 24.3 Å². The molecule has 12 nitrogen and oxygen atoms in total. The Morgan fingerprint density at radius 3 is 1.43 bits per heavy atom. The predicted octanol–water partition coefficient (Wildman–Crippen LogP) is 9.23. The minimum Gasteiger partial charge on any atom is -0.462 e. The second kappa shape index (κ2) is 35.8. The van der Waals surface area contributed by atoms with Crippen LogP contribution in [0.2, 0.25) is 0 Å². The summed E-state index contributed by atoms with van der Waals surface area (Å²) in [5, 5.41) is 30.9. The molecule has 0 aromatic rings. The van der Waals surface area contributed by atoms with Gasteiger partial charge in [0, 0.05) is 12.8 Å². The van der Waals surface area contributed by atoms with Crippen LogP contribution in [0.5, 0.6) is 0 Å². The lowest BCUT2D eigenvalue weighted by Crippen LogP contribution is -2.60. The van der Waals surface area contributed by atoms with Gasteiger partial charge in [0.25, 0.3) is 10.1 Å². The summed E-state index contributed by atoms with van der Waals surface area (Å²) in [6, 6.07) is 0. The highest BCUT2D eigenvalue weighted by molar-refractivity contribution is 7.85. The van der Waals surface area contributed by atoms with E-state index in [1.54, 1.807) is 0 Å². The van der Waals surface area contributed by atoms with Crippen LogP contribution in [-0.4, -0.2) is 96.0 Å². The Bertz CT molecular complexity index is 1180. The topological polar surface area (TPSA) is 186 Å². The van der Waals surface area contributed by atoms with Crippen LogP contribution in [0.1, 0.15) is 194 Å². The Morgan fingerprint density at radius 2 is 0.983 bits per heavy atom. The Kier molecular flexibility index (Phi) is 33.5. The van der Waals surface area contributed by atoms with Crippen molar-refractivity contribution >= 4 is 22.1 Å². The van der Waals surface area contributed by atoms with Crippen LogP contribution < -0.4 is 0 Å². The number of aliphatic hydroxyl groups excluding tert-OH is 3. The van der Waals surface area contributed by atoms with E-state index < -0.39 is 71.2 Å². The lowest BCUT2D eigenvalue weighted by atomic mass is 10.00. The summed E-state index contributed by atoms with van der Waals surface area (Å²) in [6.45, 7) is 3.74. The van der Waals surface area contributed by atoms with Gasteiger partial charge in [0.2, 0.25) is 0 Å². The fraction of sp³-hybridized carbons (Fsp3) is 0.867. The van der Waals surface area contributed by atoms with Crippen LogP contribution in [-0.2, 0) is 38.7 Å². The molecule has 58 heavy (non-hydrogen) atoms. The van der Waals surface area contributed by atoms with Crippen molar-refractivity contribution in [2.24, 2.45) is 0 Å². The zero-order chi connectivity index (χ0) is 42.7. The molecule has 1 fully saturated rings. The molecule has 1 aliphatic rings. The summed E-state index contributed by atoms with van der Waals surface area (Å²) in [7, 11) is -4.60. The molecule has 0 aromatic carbocycles. The Labute approximate surface area is 351 Å². The van der Waals surface area contributed by atoms with Crippen LogP contribution in [0, 0.1) is 0 Å². The highest BCUT2D eigenvalue weighted by Gasteiger charge is 2.46. The number of hydrogen-bond acceptors (Lipinski definition) is 11. The number of rotatable bonds is 38. The van der Waals surface area contributed by atoms with Crippen molar-refractivity contribution in [2.75, 3.05) is 19.0 Å². The standard InChI is InChI=1S/C45H82O12S/c1-3-5-7-9-11-13-15-17-19-20-22-24-26-28-30-32-34-41(47)56-38(36-55-45-44(50)43(49)42(48)39(57-45)37-58(51,52)53)35-54-40(46)33-31-29-27-25-23-21-18-16-14-12-10-8-6-4-2/h16,18-20,38-39,42-45,48-50H,3-15,17,21-37H2,1-2H3,(H,51,52,53)/b18-16-,20-19-. The third kappa shape index (κ3) is 30.2. The van der Waals surface area contributed by atoms with Crippen molar-refractivity contribution in [1.82, 2.24) is 0 Å². The molecule has 340 valence electrons.